The van der Waals surface area contributed by atoms with Crippen molar-refractivity contribution in [2.24, 2.45) is 0 Å². The molecule has 3 nitrogen and oxygen atoms in total. The zero-order valence-electron chi connectivity index (χ0n) is 13.0. The van der Waals surface area contributed by atoms with Crippen LogP contribution in [0.2, 0.25) is 0 Å². The van der Waals surface area contributed by atoms with Crippen LogP contribution in [0.25, 0.3) is 0 Å². The summed E-state index contributed by atoms with van der Waals surface area (Å²) in [6.45, 7) is 10.2. The van der Waals surface area contributed by atoms with Crippen LogP contribution >= 0.6 is 11.3 Å². The fourth-order valence-electron chi connectivity index (χ4n) is 2.91. The van der Waals surface area contributed by atoms with Gasteiger partial charge in [-0.2, -0.15) is 0 Å². The van der Waals surface area contributed by atoms with E-state index in [4.69, 9.17) is 4.98 Å². The van der Waals surface area contributed by atoms with E-state index in [1.807, 2.05) is 11.3 Å². The van der Waals surface area contributed by atoms with E-state index in [1.54, 1.807) is 0 Å². The molecule has 1 aromatic rings. The Hall–Kier alpha value is -0.450. The molecule has 1 atom stereocenters. The Kier molecular flexibility index (Phi) is 4.16. The molecule has 1 saturated heterocycles. The molecule has 0 spiro atoms. The molecule has 1 saturated carbocycles. The Morgan fingerprint density at radius 2 is 2.15 bits per heavy atom. The average Bonchev–Trinajstić information content (AvgIpc) is 2.88. The highest BCUT2D eigenvalue weighted by molar-refractivity contribution is 7.09. The first-order valence-corrected chi connectivity index (χ1v) is 8.82. The second-order valence-electron chi connectivity index (χ2n) is 7.35. The average molecular weight is 293 g/mol. The predicted molar refractivity (Wildman–Crippen MR) is 85.3 cm³/mol. The number of nitrogens with one attached hydrogen (secondary N) is 1. The molecule has 1 aromatic heterocycles. The first-order valence-electron chi connectivity index (χ1n) is 7.95. The van der Waals surface area contributed by atoms with Gasteiger partial charge in [-0.1, -0.05) is 20.8 Å². The Morgan fingerprint density at radius 1 is 1.35 bits per heavy atom. The van der Waals surface area contributed by atoms with Crippen molar-refractivity contribution in [3.63, 3.8) is 0 Å². The fraction of sp³-hybridized carbons (Fsp3) is 0.812. The molecule has 3 rings (SSSR count). The molecule has 1 aliphatic carbocycles. The zero-order valence-corrected chi connectivity index (χ0v) is 13.8. The molecule has 0 amide bonds. The molecule has 0 radical (unpaired) electrons. The third kappa shape index (κ3) is 3.60. The molecule has 20 heavy (non-hydrogen) atoms. The van der Waals surface area contributed by atoms with Gasteiger partial charge in [-0.25, -0.2) is 4.98 Å². The van der Waals surface area contributed by atoms with Crippen LogP contribution in [-0.4, -0.2) is 35.1 Å². The molecule has 2 aliphatic rings. The summed E-state index contributed by atoms with van der Waals surface area (Å²) in [6, 6.07) is 1.52. The first-order chi connectivity index (χ1) is 9.52. The lowest BCUT2D eigenvalue weighted by Crippen LogP contribution is -2.38. The maximum atomic E-state index is 4.86. The van der Waals surface area contributed by atoms with E-state index in [9.17, 15) is 0 Å². The molecule has 4 heteroatoms. The van der Waals surface area contributed by atoms with Crippen molar-refractivity contribution in [2.75, 3.05) is 13.1 Å². The number of thiazole rings is 1. The second-order valence-corrected chi connectivity index (χ2v) is 8.21. The van der Waals surface area contributed by atoms with Gasteiger partial charge in [0.1, 0.15) is 0 Å². The SMILES string of the molecule is CC(C)(C)c1nc(CN(CC2CCCN2)C2CC2)cs1. The van der Waals surface area contributed by atoms with Crippen molar-refractivity contribution in [2.45, 2.75) is 70.5 Å². The smallest absolute Gasteiger partial charge is 0.0982 e. The molecule has 0 aromatic carbocycles. The maximum Gasteiger partial charge on any atom is 0.0982 e. The Labute approximate surface area is 126 Å². The lowest BCUT2D eigenvalue weighted by Gasteiger charge is -2.24. The van der Waals surface area contributed by atoms with Crippen LogP contribution in [0.4, 0.5) is 0 Å². The summed E-state index contributed by atoms with van der Waals surface area (Å²) >= 11 is 1.82. The van der Waals surface area contributed by atoms with Crippen molar-refractivity contribution < 1.29 is 0 Å². The molecule has 2 fully saturated rings. The van der Waals surface area contributed by atoms with E-state index in [2.05, 4.69) is 36.4 Å². The van der Waals surface area contributed by atoms with E-state index in [0.717, 1.165) is 12.6 Å². The van der Waals surface area contributed by atoms with Crippen molar-refractivity contribution in [3.05, 3.63) is 16.1 Å². The van der Waals surface area contributed by atoms with Crippen LogP contribution in [-0.2, 0) is 12.0 Å². The standard InChI is InChI=1S/C16H27N3S/c1-16(2,3)15-18-13(11-20-15)10-19(14-6-7-14)9-12-5-4-8-17-12/h11-12,14,17H,4-10H2,1-3H3. The lowest BCUT2D eigenvalue weighted by atomic mass is 9.98. The van der Waals surface area contributed by atoms with E-state index >= 15 is 0 Å². The number of hydrogen-bond donors (Lipinski definition) is 1. The summed E-state index contributed by atoms with van der Waals surface area (Å²) in [5.41, 5.74) is 1.45. The van der Waals surface area contributed by atoms with Gasteiger partial charge >= 0.3 is 0 Å². The number of hydrogen-bond acceptors (Lipinski definition) is 4. The summed E-state index contributed by atoms with van der Waals surface area (Å²) in [7, 11) is 0. The first kappa shape index (κ1) is 14.5. The van der Waals surface area contributed by atoms with Gasteiger partial charge in [-0.3, -0.25) is 4.90 Å². The summed E-state index contributed by atoms with van der Waals surface area (Å²) < 4.78 is 0. The summed E-state index contributed by atoms with van der Waals surface area (Å²) in [5, 5.41) is 7.15. The third-order valence-corrected chi connectivity index (χ3v) is 5.56. The topological polar surface area (TPSA) is 28.2 Å². The summed E-state index contributed by atoms with van der Waals surface area (Å²) in [4.78, 5) is 7.52. The van der Waals surface area contributed by atoms with Crippen molar-refractivity contribution in [1.29, 1.82) is 0 Å². The van der Waals surface area contributed by atoms with Crippen molar-refractivity contribution in [1.82, 2.24) is 15.2 Å². The second kappa shape index (κ2) is 5.74. The molecule has 2 heterocycles. The van der Waals surface area contributed by atoms with Gasteiger partial charge in [0.15, 0.2) is 0 Å². The van der Waals surface area contributed by atoms with E-state index < -0.39 is 0 Å². The summed E-state index contributed by atoms with van der Waals surface area (Å²) in [5.74, 6) is 0. The predicted octanol–water partition coefficient (Wildman–Crippen LogP) is 3.16. The van der Waals surface area contributed by atoms with Gasteiger partial charge in [0.05, 0.1) is 10.7 Å². The minimum absolute atomic E-state index is 0.181. The van der Waals surface area contributed by atoms with E-state index in [1.165, 1.54) is 49.5 Å². The van der Waals surface area contributed by atoms with Crippen LogP contribution in [0.1, 0.15) is 57.2 Å². The highest BCUT2D eigenvalue weighted by Gasteiger charge is 2.32. The Bertz CT molecular complexity index is 439. The minimum Gasteiger partial charge on any atom is -0.313 e. The zero-order chi connectivity index (χ0) is 14.2. The van der Waals surface area contributed by atoms with Gasteiger partial charge in [0.25, 0.3) is 0 Å². The fourth-order valence-corrected chi connectivity index (χ4v) is 3.81. The Balaban J connectivity index is 1.62. The van der Waals surface area contributed by atoms with Crippen LogP contribution in [0.5, 0.6) is 0 Å². The van der Waals surface area contributed by atoms with Gasteiger partial charge in [-0.15, -0.1) is 11.3 Å². The largest absolute Gasteiger partial charge is 0.313 e. The molecule has 0 bridgehead atoms. The van der Waals surface area contributed by atoms with Crippen LogP contribution in [0.15, 0.2) is 5.38 Å². The van der Waals surface area contributed by atoms with E-state index in [-0.39, 0.29) is 5.41 Å². The monoisotopic (exact) mass is 293 g/mol. The van der Waals surface area contributed by atoms with Crippen molar-refractivity contribution in [3.8, 4) is 0 Å². The van der Waals surface area contributed by atoms with Gasteiger partial charge in [-0.05, 0) is 32.2 Å². The number of aromatic nitrogens is 1. The van der Waals surface area contributed by atoms with Crippen molar-refractivity contribution >= 4 is 11.3 Å². The normalized spacial score (nSPS) is 23.7. The maximum absolute atomic E-state index is 4.86. The van der Waals surface area contributed by atoms with Gasteiger partial charge in [0.2, 0.25) is 0 Å². The van der Waals surface area contributed by atoms with Crippen LogP contribution in [0, 0.1) is 0 Å². The minimum atomic E-state index is 0.181. The third-order valence-electron chi connectivity index (χ3n) is 4.24. The number of nitrogens with zero attached hydrogens (tertiary/aromatic N) is 2. The molecule has 1 N–H and O–H groups in total. The van der Waals surface area contributed by atoms with Gasteiger partial charge < -0.3 is 5.32 Å². The highest BCUT2D eigenvalue weighted by atomic mass is 32.1. The van der Waals surface area contributed by atoms with E-state index in [0.29, 0.717) is 6.04 Å². The van der Waals surface area contributed by atoms with Crippen LogP contribution in [0.3, 0.4) is 0 Å². The number of rotatable bonds is 5. The Morgan fingerprint density at radius 3 is 2.70 bits per heavy atom. The molecular formula is C16H27N3S. The highest BCUT2D eigenvalue weighted by Crippen LogP contribution is 2.31. The molecule has 112 valence electrons. The molecular weight excluding hydrogens is 266 g/mol. The lowest BCUT2D eigenvalue weighted by molar-refractivity contribution is 0.229. The van der Waals surface area contributed by atoms with Gasteiger partial charge in [0, 0.05) is 36.0 Å². The van der Waals surface area contributed by atoms with Crippen LogP contribution < -0.4 is 5.32 Å². The quantitative estimate of drug-likeness (QED) is 0.904. The molecule has 1 unspecified atom stereocenters. The summed E-state index contributed by atoms with van der Waals surface area (Å²) in [6.07, 6.45) is 5.44. The molecule has 1 aliphatic heterocycles.